The molecule has 1 aromatic heterocycles. The summed E-state index contributed by atoms with van der Waals surface area (Å²) in [6.07, 6.45) is 2.50. The second-order valence-electron chi connectivity index (χ2n) is 6.96. The highest BCUT2D eigenvalue weighted by Gasteiger charge is 2.33. The Morgan fingerprint density at radius 2 is 1.89 bits per heavy atom. The highest BCUT2D eigenvalue weighted by Crippen LogP contribution is 2.22. The molecule has 1 fully saturated rings. The van der Waals surface area contributed by atoms with Crippen LogP contribution in [-0.2, 0) is 11.2 Å². The van der Waals surface area contributed by atoms with Crippen molar-refractivity contribution in [3.05, 3.63) is 47.5 Å². The number of benzene rings is 1. The summed E-state index contributed by atoms with van der Waals surface area (Å²) in [4.78, 5) is 36.4. The fraction of sp³-hybridized carbons (Fsp3) is 0.421. The lowest BCUT2D eigenvalue weighted by molar-refractivity contribution is -0.135. The van der Waals surface area contributed by atoms with Gasteiger partial charge in [-0.2, -0.15) is 0 Å². The summed E-state index contributed by atoms with van der Waals surface area (Å²) < 4.78 is 0. The molecule has 27 heavy (non-hydrogen) atoms. The van der Waals surface area contributed by atoms with Gasteiger partial charge < -0.3 is 25.4 Å². The molecule has 0 unspecified atom stereocenters. The summed E-state index contributed by atoms with van der Waals surface area (Å²) in [6.45, 7) is 4.81. The minimum atomic E-state index is -0.396. The van der Waals surface area contributed by atoms with Gasteiger partial charge in [-0.1, -0.05) is 18.2 Å². The predicted molar refractivity (Wildman–Crippen MR) is 101 cm³/mol. The zero-order valence-electron chi connectivity index (χ0n) is 15.4. The minimum absolute atomic E-state index is 0.0296. The summed E-state index contributed by atoms with van der Waals surface area (Å²) >= 11 is 0. The first-order chi connectivity index (χ1) is 13.1. The van der Waals surface area contributed by atoms with E-state index in [1.807, 2.05) is 36.1 Å². The van der Waals surface area contributed by atoms with Crippen molar-refractivity contribution in [2.75, 3.05) is 38.0 Å². The number of carbonyl (C=O) groups is 2. The lowest BCUT2D eigenvalue weighted by atomic mass is 10.0. The van der Waals surface area contributed by atoms with E-state index in [1.165, 1.54) is 0 Å². The Morgan fingerprint density at radius 1 is 1.15 bits per heavy atom. The molecular weight excluding hydrogens is 344 g/mol. The van der Waals surface area contributed by atoms with Crippen molar-refractivity contribution in [2.24, 2.45) is 0 Å². The van der Waals surface area contributed by atoms with Gasteiger partial charge in [0.05, 0.1) is 12.0 Å². The summed E-state index contributed by atoms with van der Waals surface area (Å²) in [7, 11) is 0. The molecule has 2 aliphatic rings. The normalized spacial score (nSPS) is 19.5. The molecule has 2 aromatic rings. The van der Waals surface area contributed by atoms with Gasteiger partial charge in [0.25, 0.3) is 0 Å². The van der Waals surface area contributed by atoms with Gasteiger partial charge in [-0.05, 0) is 18.6 Å². The minimum Gasteiger partial charge on any atom is -0.348 e. The molecular formula is C19H24N6O2. The summed E-state index contributed by atoms with van der Waals surface area (Å²) in [5.74, 6) is 0.0296. The topological polar surface area (TPSA) is 93.4 Å². The molecule has 3 N–H and O–H groups in total. The van der Waals surface area contributed by atoms with Crippen molar-refractivity contribution >= 4 is 17.6 Å². The molecule has 1 saturated heterocycles. The first-order valence-corrected chi connectivity index (χ1v) is 9.29. The third kappa shape index (κ3) is 3.52. The molecule has 1 aromatic carbocycles. The molecule has 0 bridgehead atoms. The zero-order valence-corrected chi connectivity index (χ0v) is 15.4. The number of carbonyl (C=O) groups excluding carboxylic acids is 2. The second kappa shape index (κ2) is 7.40. The van der Waals surface area contributed by atoms with Crippen LogP contribution < -0.4 is 10.6 Å². The second-order valence-corrected chi connectivity index (χ2v) is 6.96. The van der Waals surface area contributed by atoms with Gasteiger partial charge in [0, 0.05) is 50.5 Å². The Hall–Kier alpha value is -2.87. The molecule has 2 aliphatic heterocycles. The first-order valence-electron chi connectivity index (χ1n) is 9.29. The highest BCUT2D eigenvalue weighted by atomic mass is 16.2. The third-order valence-corrected chi connectivity index (χ3v) is 5.26. The van der Waals surface area contributed by atoms with Crippen LogP contribution in [0.5, 0.6) is 0 Å². The Bertz CT molecular complexity index is 840. The lowest BCUT2D eigenvalue weighted by Crippen LogP contribution is -2.54. The van der Waals surface area contributed by atoms with Crippen molar-refractivity contribution in [3.63, 3.8) is 0 Å². The number of piperazine rings is 1. The number of rotatable bonds is 2. The summed E-state index contributed by atoms with van der Waals surface area (Å²) in [5.41, 5.74) is 3.67. The first kappa shape index (κ1) is 17.5. The Morgan fingerprint density at radius 3 is 2.67 bits per heavy atom. The van der Waals surface area contributed by atoms with E-state index in [0.717, 1.165) is 35.6 Å². The Kier molecular flexibility index (Phi) is 4.81. The Balaban J connectivity index is 1.35. The molecule has 0 radical (unpaired) electrons. The van der Waals surface area contributed by atoms with Crippen LogP contribution in [0.3, 0.4) is 0 Å². The fourth-order valence-electron chi connectivity index (χ4n) is 3.64. The number of imidazole rings is 1. The number of anilines is 1. The largest absolute Gasteiger partial charge is 0.348 e. The number of nitrogens with zero attached hydrogens (tertiary/aromatic N) is 3. The number of fused-ring (bicyclic) bond motifs is 1. The number of para-hydroxylation sites is 1. The van der Waals surface area contributed by atoms with Crippen LogP contribution in [0.15, 0.2) is 30.6 Å². The third-order valence-electron chi connectivity index (χ3n) is 5.26. The maximum Gasteiger partial charge on any atom is 0.321 e. The number of H-pyrrole nitrogens is 1. The van der Waals surface area contributed by atoms with Crippen molar-refractivity contribution in [1.82, 2.24) is 25.1 Å². The van der Waals surface area contributed by atoms with Gasteiger partial charge in [0.2, 0.25) is 5.91 Å². The van der Waals surface area contributed by atoms with Crippen LogP contribution >= 0.6 is 0 Å². The lowest BCUT2D eigenvalue weighted by Gasteiger charge is -2.37. The zero-order chi connectivity index (χ0) is 18.8. The maximum absolute atomic E-state index is 12.9. The quantitative estimate of drug-likeness (QED) is 0.744. The number of aryl methyl sites for hydroxylation is 1. The number of hydrogen-bond donors (Lipinski definition) is 3. The monoisotopic (exact) mass is 368 g/mol. The van der Waals surface area contributed by atoms with E-state index in [-0.39, 0.29) is 11.9 Å². The maximum atomic E-state index is 12.9. The van der Waals surface area contributed by atoms with Crippen LogP contribution in [0.2, 0.25) is 0 Å². The van der Waals surface area contributed by atoms with Crippen molar-refractivity contribution < 1.29 is 9.59 Å². The predicted octanol–water partition coefficient (Wildman–Crippen LogP) is 1.28. The van der Waals surface area contributed by atoms with Crippen molar-refractivity contribution in [1.29, 1.82) is 0 Å². The van der Waals surface area contributed by atoms with Gasteiger partial charge >= 0.3 is 6.03 Å². The highest BCUT2D eigenvalue weighted by molar-refractivity contribution is 5.90. The SMILES string of the molecule is Cc1ccccc1NC(=O)N1CCN(C(=O)[C@H]2NCCc3[nH]cnc32)CC1. The average Bonchev–Trinajstić information content (AvgIpc) is 3.18. The number of aromatic amines is 1. The molecule has 8 nitrogen and oxygen atoms in total. The van der Waals surface area contributed by atoms with Crippen LogP contribution in [0.1, 0.15) is 23.0 Å². The standard InChI is InChI=1S/C19H24N6O2/c1-13-4-2-3-5-14(13)23-19(27)25-10-8-24(9-11-25)18(26)17-16-15(6-7-20-17)21-12-22-16/h2-5,12,17,20H,6-11H2,1H3,(H,21,22)(H,23,27)/t17-/m0/s1. The fourth-order valence-corrected chi connectivity index (χ4v) is 3.64. The number of amides is 3. The Labute approximate surface area is 157 Å². The van der Waals surface area contributed by atoms with Gasteiger partial charge in [0.15, 0.2) is 0 Å². The number of hydrogen-bond acceptors (Lipinski definition) is 4. The van der Waals surface area contributed by atoms with E-state index in [0.29, 0.717) is 26.2 Å². The molecule has 8 heteroatoms. The van der Waals surface area contributed by atoms with Crippen LogP contribution in [-0.4, -0.2) is 64.4 Å². The molecule has 0 spiro atoms. The molecule has 142 valence electrons. The molecule has 0 saturated carbocycles. The number of nitrogens with one attached hydrogen (secondary N) is 3. The molecule has 0 aliphatic carbocycles. The van der Waals surface area contributed by atoms with E-state index in [1.54, 1.807) is 11.2 Å². The van der Waals surface area contributed by atoms with Crippen molar-refractivity contribution in [2.45, 2.75) is 19.4 Å². The van der Waals surface area contributed by atoms with Crippen LogP contribution in [0.4, 0.5) is 10.5 Å². The van der Waals surface area contributed by atoms with Gasteiger partial charge in [-0.25, -0.2) is 9.78 Å². The molecule has 3 heterocycles. The number of urea groups is 1. The van der Waals surface area contributed by atoms with Gasteiger partial charge in [-0.15, -0.1) is 0 Å². The van der Waals surface area contributed by atoms with E-state index in [9.17, 15) is 9.59 Å². The van der Waals surface area contributed by atoms with E-state index >= 15 is 0 Å². The van der Waals surface area contributed by atoms with E-state index < -0.39 is 6.04 Å². The molecule has 4 rings (SSSR count). The van der Waals surface area contributed by atoms with E-state index in [2.05, 4.69) is 20.6 Å². The van der Waals surface area contributed by atoms with Gasteiger partial charge in [-0.3, -0.25) is 4.79 Å². The number of aromatic nitrogens is 2. The van der Waals surface area contributed by atoms with Crippen molar-refractivity contribution in [3.8, 4) is 0 Å². The van der Waals surface area contributed by atoms with Crippen LogP contribution in [0.25, 0.3) is 0 Å². The molecule has 1 atom stereocenters. The smallest absolute Gasteiger partial charge is 0.321 e. The molecule has 3 amide bonds. The average molecular weight is 368 g/mol. The summed E-state index contributed by atoms with van der Waals surface area (Å²) in [5, 5.41) is 6.22. The van der Waals surface area contributed by atoms with Gasteiger partial charge in [0.1, 0.15) is 6.04 Å². The van der Waals surface area contributed by atoms with Crippen LogP contribution in [0, 0.1) is 6.92 Å². The van der Waals surface area contributed by atoms with E-state index in [4.69, 9.17) is 0 Å². The summed E-state index contributed by atoms with van der Waals surface area (Å²) in [6, 6.07) is 7.18.